The molecule has 1 nitrogen and oxygen atoms in total. The molecule has 0 aromatic carbocycles. The Labute approximate surface area is 48.2 Å². The van der Waals surface area contributed by atoms with Crippen LogP contribution in [0, 0.1) is 0 Å². The molecule has 0 saturated heterocycles. The monoisotopic (exact) mass is 206 g/mol. The van der Waals surface area contributed by atoms with E-state index in [0.717, 1.165) is 6.77 Å². The van der Waals surface area contributed by atoms with Gasteiger partial charge in [-0.15, -0.1) is 0 Å². The van der Waals surface area contributed by atoms with Crippen LogP contribution in [-0.4, -0.2) is 6.77 Å². The van der Waals surface area contributed by atoms with Crippen molar-refractivity contribution in [3.63, 3.8) is 0 Å². The van der Waals surface area contributed by atoms with Crippen molar-refractivity contribution in [2.24, 2.45) is 0 Å². The standard InChI is InChI=1S/CHO.2ClH.Pd/c1-2;;;/h1H;2*1H;/q-1;;;+2/p-2/i1D;;;. The Kier molecular flexibility index (Phi) is 24.3. The van der Waals surface area contributed by atoms with Gasteiger partial charge in [0.25, 0.3) is 0 Å². The topological polar surface area (TPSA) is 17.1 Å². The molecule has 0 bridgehead atoms. The summed E-state index contributed by atoms with van der Waals surface area (Å²) in [7, 11) is 9.63. The van der Waals surface area contributed by atoms with Crippen molar-refractivity contribution in [2.75, 3.05) is 0 Å². The molecule has 0 aliphatic heterocycles. The van der Waals surface area contributed by atoms with Crippen LogP contribution in [0.15, 0.2) is 0 Å². The first-order valence-electron chi connectivity index (χ1n) is 0.943. The van der Waals surface area contributed by atoms with E-state index in [4.69, 9.17) is 25.2 Å². The van der Waals surface area contributed by atoms with Crippen molar-refractivity contribution in [3.05, 3.63) is 0 Å². The first-order valence-corrected chi connectivity index (χ1v) is 4.45. The van der Waals surface area contributed by atoms with E-state index in [9.17, 15) is 0 Å². The van der Waals surface area contributed by atoms with Crippen LogP contribution in [0.5, 0.6) is 0 Å². The fourth-order valence-corrected chi connectivity index (χ4v) is 0. The second-order valence-corrected chi connectivity index (χ2v) is 2.41. The first-order chi connectivity index (χ1) is 2.83. The van der Waals surface area contributed by atoms with Crippen molar-refractivity contribution >= 4 is 25.8 Å². The molecule has 0 saturated carbocycles. The predicted octanol–water partition coefficient (Wildman–Crippen LogP) is 1.10. The number of rotatable bonds is 0. The summed E-state index contributed by atoms with van der Waals surface area (Å²) in [6, 6.07) is 0. The molecule has 0 amide bonds. The summed E-state index contributed by atoms with van der Waals surface area (Å²) in [5.41, 5.74) is 0. The van der Waals surface area contributed by atoms with E-state index in [1.165, 1.54) is 0 Å². The fraction of sp³-hybridized carbons (Fsp3) is 0. The first kappa shape index (κ1) is 5.91. The van der Waals surface area contributed by atoms with Gasteiger partial charge in [-0.25, -0.2) is 0 Å². The molecule has 5 heavy (non-hydrogen) atoms. The van der Waals surface area contributed by atoms with Gasteiger partial charge in [0.15, 0.2) is 0 Å². The summed E-state index contributed by atoms with van der Waals surface area (Å²) in [5, 5.41) is 0. The molecule has 0 aliphatic rings. The summed E-state index contributed by atoms with van der Waals surface area (Å²) in [4.78, 5) is 8.35. The third kappa shape index (κ3) is 50.1. The van der Waals surface area contributed by atoms with Gasteiger partial charge in [0.1, 0.15) is 0 Å². The average molecular weight is 207 g/mol. The fourth-order valence-electron chi connectivity index (χ4n) is 0. The van der Waals surface area contributed by atoms with Crippen LogP contribution in [0.25, 0.3) is 0 Å². The van der Waals surface area contributed by atoms with Gasteiger partial charge in [-0.2, -0.15) is 1.37 Å². The van der Waals surface area contributed by atoms with Crippen LogP contribution in [0.2, 0.25) is 0 Å². The van der Waals surface area contributed by atoms with Gasteiger partial charge in [-0.3, -0.25) is 6.77 Å². The molecule has 0 aromatic rings. The third-order valence-electron chi connectivity index (χ3n) is 0. The summed E-state index contributed by atoms with van der Waals surface area (Å²) >= 11 is -0.106. The SMILES string of the molecule is [2H][C-]=O.[Cl][Pd][Cl]. The molecule has 36 valence electrons. The Bertz CT molecular complexity index is 27.5. The summed E-state index contributed by atoms with van der Waals surface area (Å²) in [5.74, 6) is 0. The normalized spacial score (nSPS) is 7.20. The molecular formula is CHCl2OPd-. The van der Waals surface area contributed by atoms with Crippen molar-refractivity contribution in [2.45, 2.75) is 0 Å². The summed E-state index contributed by atoms with van der Waals surface area (Å²) < 4.78 is 5.40. The molecule has 0 aliphatic carbocycles. The van der Waals surface area contributed by atoms with Gasteiger partial charge in [-0.05, 0) is 0 Å². The maximum atomic E-state index is 8.35. The van der Waals surface area contributed by atoms with E-state index in [1.807, 2.05) is 0 Å². The van der Waals surface area contributed by atoms with E-state index < -0.39 is 0 Å². The van der Waals surface area contributed by atoms with E-state index in [0.29, 0.717) is 0 Å². The molecule has 4 heteroatoms. The van der Waals surface area contributed by atoms with Crippen LogP contribution in [-0.2, 0) is 20.7 Å². The Morgan fingerprint density at radius 2 is 2.00 bits per heavy atom. The molecule has 0 radical (unpaired) electrons. The average Bonchev–Trinajstić information content (AvgIpc) is 1.39. The number of hydrogen-bond acceptors (Lipinski definition) is 1. The zero-order chi connectivity index (χ0) is 5.41. The molecular weight excluding hydrogens is 205 g/mol. The summed E-state index contributed by atoms with van der Waals surface area (Å²) in [6.45, 7) is 0.750. The Hall–Kier alpha value is 0.912. The van der Waals surface area contributed by atoms with E-state index in [1.54, 1.807) is 0 Å². The van der Waals surface area contributed by atoms with Gasteiger partial charge in [0, 0.05) is 0 Å². The van der Waals surface area contributed by atoms with Gasteiger partial charge < -0.3 is 4.79 Å². The van der Waals surface area contributed by atoms with E-state index >= 15 is 0 Å². The summed E-state index contributed by atoms with van der Waals surface area (Å²) in [6.07, 6.45) is 0. The minimum atomic E-state index is -0.106. The van der Waals surface area contributed by atoms with E-state index in [-0.39, 0.29) is 15.9 Å². The molecule has 0 unspecified atom stereocenters. The second kappa shape index (κ2) is 20.6. The molecule has 0 rings (SSSR count). The van der Waals surface area contributed by atoms with Crippen molar-refractivity contribution in [3.8, 4) is 0 Å². The Morgan fingerprint density at radius 1 is 2.00 bits per heavy atom. The van der Waals surface area contributed by atoms with Gasteiger partial charge >= 0.3 is 35.0 Å². The van der Waals surface area contributed by atoms with Crippen LogP contribution in [0.3, 0.4) is 0 Å². The third-order valence-corrected chi connectivity index (χ3v) is 0. The van der Waals surface area contributed by atoms with Crippen LogP contribution < -0.4 is 0 Å². The van der Waals surface area contributed by atoms with Crippen molar-refractivity contribution in [1.82, 2.24) is 0 Å². The van der Waals surface area contributed by atoms with Crippen LogP contribution in [0.1, 0.15) is 1.37 Å². The van der Waals surface area contributed by atoms with Crippen LogP contribution >= 0.6 is 19.1 Å². The molecule has 0 fully saturated rings. The Morgan fingerprint density at radius 3 is 2.00 bits per heavy atom. The van der Waals surface area contributed by atoms with Gasteiger partial charge in [0.05, 0.1) is 0 Å². The van der Waals surface area contributed by atoms with Crippen molar-refractivity contribution in [1.29, 1.82) is 0 Å². The Balaban J connectivity index is 0. The quantitative estimate of drug-likeness (QED) is 0.330. The van der Waals surface area contributed by atoms with Crippen molar-refractivity contribution < 1.29 is 22.1 Å². The molecule has 0 N–H and O–H groups in total. The molecule has 0 aromatic heterocycles. The van der Waals surface area contributed by atoms with Crippen LogP contribution in [0.4, 0.5) is 0 Å². The molecule has 0 heterocycles. The zero-order valence-corrected chi connectivity index (χ0v) is 5.05. The van der Waals surface area contributed by atoms with Gasteiger partial charge in [-0.1, -0.05) is 0 Å². The molecule has 0 spiro atoms. The zero-order valence-electron chi connectivity index (χ0n) is 2.98. The number of carbonyl (C=O) groups excluding carboxylic acids is 1. The number of hydrogen-bond donors (Lipinski definition) is 0. The van der Waals surface area contributed by atoms with Gasteiger partial charge in [0.2, 0.25) is 0 Å². The second-order valence-electron chi connectivity index (χ2n) is 0.0452. The number of halogens is 2. The predicted molar refractivity (Wildman–Crippen MR) is 18.5 cm³/mol. The van der Waals surface area contributed by atoms with E-state index in [2.05, 4.69) is 0 Å². The maximum absolute atomic E-state index is 8.35. The molecule has 0 atom stereocenters. The minimum absolute atomic E-state index is 0.106.